The summed E-state index contributed by atoms with van der Waals surface area (Å²) in [6, 6.07) is 6.80. The molecule has 2 aromatic rings. The number of carboxylic acids is 1. The second-order valence-electron chi connectivity index (χ2n) is 5.99. The predicted molar refractivity (Wildman–Crippen MR) is 85.6 cm³/mol. The van der Waals surface area contributed by atoms with Crippen LogP contribution in [0.25, 0.3) is 0 Å². The molecule has 0 atom stereocenters. The van der Waals surface area contributed by atoms with Crippen molar-refractivity contribution in [3.8, 4) is 0 Å². The lowest BCUT2D eigenvalue weighted by atomic mass is 10.1. The summed E-state index contributed by atoms with van der Waals surface area (Å²) in [5, 5.41) is 15.5. The van der Waals surface area contributed by atoms with Crippen molar-refractivity contribution in [1.82, 2.24) is 10.1 Å². The molecule has 0 radical (unpaired) electrons. The normalized spacial score (nSPS) is 13.7. The van der Waals surface area contributed by atoms with E-state index < -0.39 is 5.97 Å². The molecule has 24 heavy (non-hydrogen) atoms. The third-order valence-corrected chi connectivity index (χ3v) is 3.81. The Balaban J connectivity index is 1.40. The van der Waals surface area contributed by atoms with E-state index in [2.05, 4.69) is 15.5 Å². The number of nitrogens with zero attached hydrogens (tertiary/aromatic N) is 2. The largest absolute Gasteiger partial charge is 0.481 e. The maximum absolute atomic E-state index is 11.9. The van der Waals surface area contributed by atoms with Gasteiger partial charge in [-0.1, -0.05) is 17.3 Å². The molecule has 1 aromatic carbocycles. The first-order chi connectivity index (χ1) is 11.6. The van der Waals surface area contributed by atoms with E-state index in [9.17, 15) is 9.59 Å². The van der Waals surface area contributed by atoms with Crippen molar-refractivity contribution in [2.45, 2.75) is 44.4 Å². The second kappa shape index (κ2) is 7.25. The Hall–Kier alpha value is -2.70. The molecule has 1 fully saturated rings. The van der Waals surface area contributed by atoms with Crippen molar-refractivity contribution in [2.75, 3.05) is 5.32 Å². The standard InChI is InChI=1S/C17H19N3O4/c21-14(18-13-8-4-11(5-9-13)10-16(22)23)2-1-3-15-19-17(20-24-15)12-6-7-12/h4-5,8-9,12H,1-3,6-7,10H2,(H,18,21)(H,22,23). The number of hydrogen-bond acceptors (Lipinski definition) is 5. The summed E-state index contributed by atoms with van der Waals surface area (Å²) >= 11 is 0. The minimum atomic E-state index is -0.877. The van der Waals surface area contributed by atoms with Gasteiger partial charge in [-0.3, -0.25) is 9.59 Å². The van der Waals surface area contributed by atoms with Gasteiger partial charge in [0.05, 0.1) is 6.42 Å². The van der Waals surface area contributed by atoms with Crippen molar-refractivity contribution in [2.24, 2.45) is 0 Å². The number of hydrogen-bond donors (Lipinski definition) is 2. The van der Waals surface area contributed by atoms with E-state index in [0.29, 0.717) is 42.3 Å². The number of carboxylic acid groups (broad SMARTS) is 1. The summed E-state index contributed by atoms with van der Waals surface area (Å²) in [6.45, 7) is 0. The molecule has 0 saturated heterocycles. The number of anilines is 1. The Morgan fingerprint density at radius 1 is 1.25 bits per heavy atom. The van der Waals surface area contributed by atoms with Crippen LogP contribution < -0.4 is 5.32 Å². The van der Waals surface area contributed by atoms with Gasteiger partial charge in [0, 0.05) is 24.4 Å². The fourth-order valence-electron chi connectivity index (χ4n) is 2.38. The summed E-state index contributed by atoms with van der Waals surface area (Å²) in [6.07, 6.45) is 3.82. The molecule has 1 amide bonds. The molecule has 0 spiro atoms. The van der Waals surface area contributed by atoms with Crippen molar-refractivity contribution >= 4 is 17.6 Å². The first kappa shape index (κ1) is 16.2. The van der Waals surface area contributed by atoms with Crippen molar-refractivity contribution in [3.63, 3.8) is 0 Å². The molecule has 126 valence electrons. The van der Waals surface area contributed by atoms with Crippen LogP contribution in [0.4, 0.5) is 5.69 Å². The Kier molecular flexibility index (Phi) is 4.88. The molecular formula is C17H19N3O4. The van der Waals surface area contributed by atoms with Gasteiger partial charge in [-0.05, 0) is 37.0 Å². The quantitative estimate of drug-likeness (QED) is 0.771. The molecule has 1 saturated carbocycles. The van der Waals surface area contributed by atoms with Crippen LogP contribution >= 0.6 is 0 Å². The van der Waals surface area contributed by atoms with Gasteiger partial charge >= 0.3 is 5.97 Å². The average molecular weight is 329 g/mol. The zero-order valence-corrected chi connectivity index (χ0v) is 13.2. The first-order valence-electron chi connectivity index (χ1n) is 8.03. The lowest BCUT2D eigenvalue weighted by Gasteiger charge is -2.05. The van der Waals surface area contributed by atoms with Gasteiger partial charge in [-0.2, -0.15) is 4.98 Å². The number of carbonyl (C=O) groups is 2. The summed E-state index contributed by atoms with van der Waals surface area (Å²) in [7, 11) is 0. The van der Waals surface area contributed by atoms with E-state index in [0.717, 1.165) is 18.7 Å². The fourth-order valence-corrected chi connectivity index (χ4v) is 2.38. The van der Waals surface area contributed by atoms with Gasteiger partial charge in [-0.25, -0.2) is 0 Å². The summed E-state index contributed by atoms with van der Waals surface area (Å²) in [4.78, 5) is 26.9. The van der Waals surface area contributed by atoms with Crippen LogP contribution in [0.1, 0.15) is 48.9 Å². The number of aryl methyl sites for hydroxylation is 1. The maximum atomic E-state index is 11.9. The fraction of sp³-hybridized carbons (Fsp3) is 0.412. The number of aromatic nitrogens is 2. The molecular weight excluding hydrogens is 310 g/mol. The highest BCUT2D eigenvalue weighted by atomic mass is 16.5. The second-order valence-corrected chi connectivity index (χ2v) is 5.99. The molecule has 1 aliphatic carbocycles. The van der Waals surface area contributed by atoms with E-state index in [1.54, 1.807) is 24.3 Å². The van der Waals surface area contributed by atoms with Crippen LogP contribution in [-0.2, 0) is 22.4 Å². The molecule has 1 aromatic heterocycles. The minimum absolute atomic E-state index is 0.0265. The third-order valence-electron chi connectivity index (χ3n) is 3.81. The number of aliphatic carboxylic acids is 1. The first-order valence-corrected chi connectivity index (χ1v) is 8.03. The molecule has 2 N–H and O–H groups in total. The van der Waals surface area contributed by atoms with Gasteiger partial charge < -0.3 is 14.9 Å². The Morgan fingerprint density at radius 3 is 2.67 bits per heavy atom. The van der Waals surface area contributed by atoms with E-state index in [4.69, 9.17) is 9.63 Å². The molecule has 7 nitrogen and oxygen atoms in total. The monoisotopic (exact) mass is 329 g/mol. The average Bonchev–Trinajstić information content (AvgIpc) is 3.28. The Labute approximate surface area is 139 Å². The summed E-state index contributed by atoms with van der Waals surface area (Å²) < 4.78 is 5.17. The van der Waals surface area contributed by atoms with E-state index in [1.807, 2.05) is 0 Å². The zero-order valence-electron chi connectivity index (χ0n) is 13.2. The van der Waals surface area contributed by atoms with Crippen molar-refractivity contribution < 1.29 is 19.2 Å². The van der Waals surface area contributed by atoms with Crippen LogP contribution in [0.5, 0.6) is 0 Å². The summed E-state index contributed by atoms with van der Waals surface area (Å²) in [5.74, 6) is 0.870. The molecule has 0 bridgehead atoms. The molecule has 0 aliphatic heterocycles. The van der Waals surface area contributed by atoms with Crippen LogP contribution in [0.2, 0.25) is 0 Å². The highest BCUT2D eigenvalue weighted by Gasteiger charge is 2.28. The third kappa shape index (κ3) is 4.65. The Bertz CT molecular complexity index is 720. The molecule has 7 heteroatoms. The van der Waals surface area contributed by atoms with Gasteiger partial charge in [0.1, 0.15) is 0 Å². The van der Waals surface area contributed by atoms with E-state index >= 15 is 0 Å². The topological polar surface area (TPSA) is 105 Å². The lowest BCUT2D eigenvalue weighted by Crippen LogP contribution is -2.11. The number of amides is 1. The zero-order chi connectivity index (χ0) is 16.9. The number of carbonyl (C=O) groups excluding carboxylic acids is 1. The van der Waals surface area contributed by atoms with Crippen LogP contribution in [-0.4, -0.2) is 27.1 Å². The number of nitrogens with one attached hydrogen (secondary N) is 1. The highest BCUT2D eigenvalue weighted by molar-refractivity contribution is 5.90. The Morgan fingerprint density at radius 2 is 2.00 bits per heavy atom. The van der Waals surface area contributed by atoms with Crippen LogP contribution in [0.15, 0.2) is 28.8 Å². The lowest BCUT2D eigenvalue weighted by molar-refractivity contribution is -0.136. The SMILES string of the molecule is O=C(O)Cc1ccc(NC(=O)CCCc2nc(C3CC3)no2)cc1. The molecule has 3 rings (SSSR count). The van der Waals surface area contributed by atoms with E-state index in [-0.39, 0.29) is 12.3 Å². The van der Waals surface area contributed by atoms with Crippen molar-refractivity contribution in [3.05, 3.63) is 41.5 Å². The summed E-state index contributed by atoms with van der Waals surface area (Å²) in [5.41, 5.74) is 1.35. The van der Waals surface area contributed by atoms with Crippen LogP contribution in [0, 0.1) is 0 Å². The molecule has 1 aliphatic rings. The predicted octanol–water partition coefficient (Wildman–Crippen LogP) is 2.54. The van der Waals surface area contributed by atoms with E-state index in [1.165, 1.54) is 0 Å². The highest BCUT2D eigenvalue weighted by Crippen LogP contribution is 2.38. The minimum Gasteiger partial charge on any atom is -0.481 e. The van der Waals surface area contributed by atoms with Gasteiger partial charge in [0.2, 0.25) is 11.8 Å². The van der Waals surface area contributed by atoms with Crippen molar-refractivity contribution in [1.29, 1.82) is 0 Å². The van der Waals surface area contributed by atoms with Crippen LogP contribution in [0.3, 0.4) is 0 Å². The maximum Gasteiger partial charge on any atom is 0.307 e. The van der Waals surface area contributed by atoms with Gasteiger partial charge in [-0.15, -0.1) is 0 Å². The number of benzene rings is 1. The molecule has 0 unspecified atom stereocenters. The van der Waals surface area contributed by atoms with Gasteiger partial charge in [0.15, 0.2) is 5.82 Å². The molecule has 1 heterocycles. The smallest absolute Gasteiger partial charge is 0.307 e. The number of rotatable bonds is 8. The van der Waals surface area contributed by atoms with Gasteiger partial charge in [0.25, 0.3) is 0 Å².